The maximum Gasteiger partial charge on any atom is 0.257 e. The zero-order valence-electron chi connectivity index (χ0n) is 17.5. The Kier molecular flexibility index (Phi) is 5.05. The fraction of sp³-hybridized carbons (Fsp3) is 0.391. The second kappa shape index (κ2) is 8.02. The zero-order valence-corrected chi connectivity index (χ0v) is 17.5. The highest BCUT2D eigenvalue weighted by Crippen LogP contribution is 2.32. The largest absolute Gasteiger partial charge is 0.472 e. The Balaban J connectivity index is 1.44. The number of hydrogen-bond donors (Lipinski definition) is 0. The first-order valence-corrected chi connectivity index (χ1v) is 10.7. The second-order valence-electron chi connectivity index (χ2n) is 8.23. The van der Waals surface area contributed by atoms with Crippen molar-refractivity contribution in [3.05, 3.63) is 48.4 Å². The Hall–Kier alpha value is -3.42. The van der Waals surface area contributed by atoms with E-state index in [-0.39, 0.29) is 17.7 Å². The monoisotopic (exact) mass is 419 g/mol. The number of carbonyl (C=O) groups excluding carboxylic acids is 2. The van der Waals surface area contributed by atoms with Gasteiger partial charge in [-0.2, -0.15) is 0 Å². The molecule has 1 fully saturated rings. The average molecular weight is 419 g/mol. The van der Waals surface area contributed by atoms with Crippen molar-refractivity contribution in [1.29, 1.82) is 0 Å². The summed E-state index contributed by atoms with van der Waals surface area (Å²) in [4.78, 5) is 41.7. The Morgan fingerprint density at radius 3 is 2.52 bits per heavy atom. The van der Waals surface area contributed by atoms with Gasteiger partial charge >= 0.3 is 0 Å². The van der Waals surface area contributed by atoms with Gasteiger partial charge in [-0.15, -0.1) is 0 Å². The molecule has 0 saturated carbocycles. The fourth-order valence-corrected chi connectivity index (χ4v) is 4.46. The lowest BCUT2D eigenvalue weighted by molar-refractivity contribution is -0.123. The minimum atomic E-state index is -0.255. The normalized spacial score (nSPS) is 19.3. The number of amides is 2. The number of aromatic nitrogens is 2. The smallest absolute Gasteiger partial charge is 0.257 e. The summed E-state index contributed by atoms with van der Waals surface area (Å²) in [7, 11) is 1.99. The van der Waals surface area contributed by atoms with Crippen LogP contribution >= 0.6 is 0 Å². The summed E-state index contributed by atoms with van der Waals surface area (Å²) in [6, 6.07) is 9.39. The summed E-state index contributed by atoms with van der Waals surface area (Å²) < 4.78 is 5.05. The van der Waals surface area contributed by atoms with E-state index in [9.17, 15) is 9.59 Å². The summed E-state index contributed by atoms with van der Waals surface area (Å²) >= 11 is 0. The number of hydrogen-bond acceptors (Lipinski definition) is 6. The van der Waals surface area contributed by atoms with Gasteiger partial charge in [0.1, 0.15) is 6.26 Å². The zero-order chi connectivity index (χ0) is 21.4. The molecule has 2 amide bonds. The molecule has 0 aliphatic carbocycles. The first kappa shape index (κ1) is 19.5. The summed E-state index contributed by atoms with van der Waals surface area (Å²) in [5.41, 5.74) is 2.11. The molecule has 5 rings (SSSR count). The predicted octanol–water partition coefficient (Wildman–Crippen LogP) is 2.95. The van der Waals surface area contributed by atoms with Crippen LogP contribution in [-0.4, -0.2) is 59.9 Å². The lowest BCUT2D eigenvalue weighted by atomic mass is 9.96. The lowest BCUT2D eigenvalue weighted by Gasteiger charge is -2.34. The van der Waals surface area contributed by atoms with E-state index in [1.54, 1.807) is 15.9 Å². The summed E-state index contributed by atoms with van der Waals surface area (Å²) in [5.74, 6) is 1.02. The van der Waals surface area contributed by atoms with Gasteiger partial charge in [0.05, 0.1) is 28.8 Å². The summed E-state index contributed by atoms with van der Waals surface area (Å²) in [5, 5.41) is 0. The van der Waals surface area contributed by atoms with Gasteiger partial charge < -0.3 is 14.2 Å². The van der Waals surface area contributed by atoms with E-state index in [0.29, 0.717) is 31.0 Å². The van der Waals surface area contributed by atoms with Crippen molar-refractivity contribution in [3.8, 4) is 0 Å². The fourth-order valence-electron chi connectivity index (χ4n) is 4.46. The molecule has 0 spiro atoms. The molecule has 1 atom stereocenters. The highest BCUT2D eigenvalue weighted by atomic mass is 16.3. The van der Waals surface area contributed by atoms with E-state index < -0.39 is 0 Å². The predicted molar refractivity (Wildman–Crippen MR) is 117 cm³/mol. The molecular formula is C23H25N5O3. The number of carbonyl (C=O) groups is 2. The Morgan fingerprint density at radius 1 is 1.00 bits per heavy atom. The number of likely N-dealkylation sites (tertiary alicyclic amines) is 1. The van der Waals surface area contributed by atoms with Crippen LogP contribution in [0.3, 0.4) is 0 Å². The summed E-state index contributed by atoms with van der Waals surface area (Å²) in [6.45, 7) is 2.46. The van der Waals surface area contributed by atoms with E-state index in [4.69, 9.17) is 14.4 Å². The number of benzene rings is 1. The maximum absolute atomic E-state index is 13.6. The molecule has 0 unspecified atom stereocenters. The number of para-hydroxylation sites is 2. The number of furan rings is 1. The minimum absolute atomic E-state index is 0.0193. The molecule has 2 aliphatic rings. The van der Waals surface area contributed by atoms with Gasteiger partial charge in [-0.1, -0.05) is 12.1 Å². The second-order valence-corrected chi connectivity index (χ2v) is 8.23. The quantitative estimate of drug-likeness (QED) is 0.635. The molecule has 1 saturated heterocycles. The van der Waals surface area contributed by atoms with Crippen molar-refractivity contribution >= 4 is 34.5 Å². The third kappa shape index (κ3) is 3.62. The molecule has 160 valence electrons. The molecule has 1 aromatic carbocycles. The van der Waals surface area contributed by atoms with E-state index in [2.05, 4.69) is 4.90 Å². The van der Waals surface area contributed by atoms with E-state index >= 15 is 0 Å². The summed E-state index contributed by atoms with van der Waals surface area (Å²) in [6.07, 6.45) is 5.34. The number of fused-ring (bicyclic) bond motifs is 2. The third-order valence-electron chi connectivity index (χ3n) is 6.12. The first-order chi connectivity index (χ1) is 15.1. The SMILES string of the molecule is CN1CCCN(C(=O)[C@@H]2CCCN(C(=O)c3ccoc3)C2)c2nc3ccccc3nc21. The molecule has 2 aromatic heterocycles. The van der Waals surface area contributed by atoms with E-state index in [1.807, 2.05) is 31.3 Å². The van der Waals surface area contributed by atoms with Crippen molar-refractivity contribution < 1.29 is 14.0 Å². The number of nitrogens with zero attached hydrogens (tertiary/aromatic N) is 5. The van der Waals surface area contributed by atoms with Crippen LogP contribution in [0.25, 0.3) is 11.0 Å². The lowest BCUT2D eigenvalue weighted by Crippen LogP contribution is -2.47. The topological polar surface area (TPSA) is 82.8 Å². The van der Waals surface area contributed by atoms with Gasteiger partial charge in [-0.05, 0) is 37.5 Å². The highest BCUT2D eigenvalue weighted by molar-refractivity contribution is 5.99. The molecule has 0 N–H and O–H groups in total. The van der Waals surface area contributed by atoms with Gasteiger partial charge in [0.2, 0.25) is 5.91 Å². The number of piperidine rings is 1. The minimum Gasteiger partial charge on any atom is -0.472 e. The van der Waals surface area contributed by atoms with Crippen molar-refractivity contribution in [1.82, 2.24) is 14.9 Å². The van der Waals surface area contributed by atoms with Crippen LogP contribution in [0.4, 0.5) is 11.6 Å². The number of anilines is 2. The van der Waals surface area contributed by atoms with Crippen molar-refractivity contribution in [3.63, 3.8) is 0 Å². The van der Waals surface area contributed by atoms with Crippen LogP contribution in [-0.2, 0) is 4.79 Å². The Bertz CT molecular complexity index is 1110. The maximum atomic E-state index is 13.6. The highest BCUT2D eigenvalue weighted by Gasteiger charge is 2.35. The molecule has 31 heavy (non-hydrogen) atoms. The Labute approximate surface area is 180 Å². The van der Waals surface area contributed by atoms with Crippen molar-refractivity contribution in [2.24, 2.45) is 5.92 Å². The molecule has 4 heterocycles. The van der Waals surface area contributed by atoms with Crippen LogP contribution in [0.2, 0.25) is 0 Å². The standard InChI is InChI=1S/C23H25N5O3/c1-26-10-5-12-28(21-20(26)24-18-7-2-3-8-19(18)25-21)23(30)16-6-4-11-27(14-16)22(29)17-9-13-31-15-17/h2-3,7-9,13,15-16H,4-6,10-12,14H2,1H3/t16-/m1/s1. The van der Waals surface area contributed by atoms with Crippen molar-refractivity contribution in [2.75, 3.05) is 43.0 Å². The van der Waals surface area contributed by atoms with Crippen LogP contribution in [0, 0.1) is 5.92 Å². The van der Waals surface area contributed by atoms with E-state index in [0.717, 1.165) is 42.7 Å². The average Bonchev–Trinajstić information content (AvgIpc) is 3.30. The van der Waals surface area contributed by atoms with E-state index in [1.165, 1.54) is 12.5 Å². The molecule has 2 aliphatic heterocycles. The third-order valence-corrected chi connectivity index (χ3v) is 6.12. The Morgan fingerprint density at radius 2 is 1.77 bits per heavy atom. The molecule has 3 aromatic rings. The van der Waals surface area contributed by atoms with Crippen LogP contribution < -0.4 is 9.80 Å². The molecule has 8 heteroatoms. The molecule has 0 radical (unpaired) electrons. The molecule has 8 nitrogen and oxygen atoms in total. The van der Waals surface area contributed by atoms with Crippen LogP contribution in [0.1, 0.15) is 29.6 Å². The number of rotatable bonds is 2. The van der Waals surface area contributed by atoms with Gasteiger partial charge in [0.15, 0.2) is 11.6 Å². The molecular weight excluding hydrogens is 394 g/mol. The first-order valence-electron chi connectivity index (χ1n) is 10.7. The van der Waals surface area contributed by atoms with Crippen LogP contribution in [0.15, 0.2) is 47.3 Å². The van der Waals surface area contributed by atoms with Crippen molar-refractivity contribution in [2.45, 2.75) is 19.3 Å². The van der Waals surface area contributed by atoms with Gasteiger partial charge in [-0.3, -0.25) is 14.5 Å². The van der Waals surface area contributed by atoms with Gasteiger partial charge in [0, 0.05) is 33.2 Å². The van der Waals surface area contributed by atoms with Gasteiger partial charge in [-0.25, -0.2) is 9.97 Å². The molecule has 0 bridgehead atoms. The van der Waals surface area contributed by atoms with Gasteiger partial charge in [0.25, 0.3) is 5.91 Å². The van der Waals surface area contributed by atoms with Crippen LogP contribution in [0.5, 0.6) is 0 Å².